The second kappa shape index (κ2) is 5.50. The summed E-state index contributed by atoms with van der Waals surface area (Å²) in [6, 6.07) is 5.46. The SMILES string of the molecule is Nc1nc(=S)n(N)c(N)c1N=Nc1ccc([N+](=O)[O-])cc1. The fourth-order valence-electron chi connectivity index (χ4n) is 1.41. The first-order valence-electron chi connectivity index (χ1n) is 5.49. The van der Waals surface area contributed by atoms with Crippen LogP contribution in [0.25, 0.3) is 0 Å². The highest BCUT2D eigenvalue weighted by Crippen LogP contribution is 2.29. The number of hydrogen-bond donors (Lipinski definition) is 3. The number of anilines is 2. The van der Waals surface area contributed by atoms with Gasteiger partial charge in [0.05, 0.1) is 10.6 Å². The molecule has 0 aliphatic heterocycles. The molecule has 0 saturated carbocycles. The Kier molecular flexibility index (Phi) is 3.75. The number of azo groups is 1. The predicted octanol–water partition coefficient (Wildman–Crippen LogP) is 1.81. The Hall–Kier alpha value is -3.08. The standard InChI is InChI=1S/C10H10N8O2S/c11-8-7(9(12)17(13)10(21)14-8)16-15-5-1-3-6(4-2-5)18(19)20/h1-4H,12-13H2,(H2,11,14,21). The number of nitrogens with two attached hydrogens (primary N) is 3. The number of nitrogen functional groups attached to an aromatic ring is 3. The second-order valence-corrected chi connectivity index (χ2v) is 4.22. The summed E-state index contributed by atoms with van der Waals surface area (Å²) in [6.07, 6.45) is 0. The van der Waals surface area contributed by atoms with Gasteiger partial charge in [0.25, 0.3) is 5.69 Å². The molecule has 0 bridgehead atoms. The summed E-state index contributed by atoms with van der Waals surface area (Å²) in [5.74, 6) is 5.57. The molecule has 0 aliphatic carbocycles. The van der Waals surface area contributed by atoms with Gasteiger partial charge in [0, 0.05) is 12.1 Å². The lowest BCUT2D eigenvalue weighted by Gasteiger charge is -2.07. The van der Waals surface area contributed by atoms with Crippen LogP contribution in [0.1, 0.15) is 0 Å². The van der Waals surface area contributed by atoms with Crippen molar-refractivity contribution in [3.05, 3.63) is 39.2 Å². The smallest absolute Gasteiger partial charge is 0.269 e. The average molecular weight is 306 g/mol. The zero-order valence-corrected chi connectivity index (χ0v) is 11.3. The first-order chi connectivity index (χ1) is 9.90. The molecule has 0 aliphatic rings. The third-order valence-electron chi connectivity index (χ3n) is 2.49. The number of rotatable bonds is 3. The Balaban J connectivity index is 2.36. The van der Waals surface area contributed by atoms with Crippen LogP contribution in [0.15, 0.2) is 34.5 Å². The Morgan fingerprint density at radius 3 is 2.43 bits per heavy atom. The molecule has 0 saturated heterocycles. The van der Waals surface area contributed by atoms with Gasteiger partial charge >= 0.3 is 0 Å². The molecular formula is C10H10N8O2S. The Labute approximate surface area is 123 Å². The molecule has 0 fully saturated rings. The monoisotopic (exact) mass is 306 g/mol. The van der Waals surface area contributed by atoms with Gasteiger partial charge in [-0.2, -0.15) is 10.1 Å². The molecule has 0 unspecified atom stereocenters. The van der Waals surface area contributed by atoms with E-state index in [1.54, 1.807) is 0 Å². The van der Waals surface area contributed by atoms with Crippen molar-refractivity contribution in [3.8, 4) is 0 Å². The molecule has 1 heterocycles. The highest BCUT2D eigenvalue weighted by Gasteiger charge is 2.09. The minimum absolute atomic E-state index is 0.00939. The molecule has 21 heavy (non-hydrogen) atoms. The molecular weight excluding hydrogens is 296 g/mol. The number of nitrogens with zero attached hydrogens (tertiary/aromatic N) is 5. The lowest BCUT2D eigenvalue weighted by Crippen LogP contribution is -2.17. The second-order valence-electron chi connectivity index (χ2n) is 3.86. The number of hydrogen-bond acceptors (Lipinski definition) is 9. The fraction of sp³-hybridized carbons (Fsp3) is 0. The van der Waals surface area contributed by atoms with Crippen LogP contribution in [-0.2, 0) is 0 Å². The van der Waals surface area contributed by atoms with Crippen molar-refractivity contribution in [2.24, 2.45) is 10.2 Å². The van der Waals surface area contributed by atoms with E-state index in [-0.39, 0.29) is 27.8 Å². The number of non-ortho nitro benzene ring substituents is 1. The molecule has 1 aromatic heterocycles. The van der Waals surface area contributed by atoms with Crippen LogP contribution < -0.4 is 17.3 Å². The van der Waals surface area contributed by atoms with Gasteiger partial charge in [-0.3, -0.25) is 10.1 Å². The fourth-order valence-corrected chi connectivity index (χ4v) is 1.61. The van der Waals surface area contributed by atoms with Gasteiger partial charge < -0.3 is 17.3 Å². The average Bonchev–Trinajstić information content (AvgIpc) is 2.45. The van der Waals surface area contributed by atoms with Gasteiger partial charge in [0.1, 0.15) is 0 Å². The van der Waals surface area contributed by atoms with Crippen molar-refractivity contribution >= 4 is 40.9 Å². The lowest BCUT2D eigenvalue weighted by atomic mass is 10.3. The Morgan fingerprint density at radius 2 is 1.86 bits per heavy atom. The maximum atomic E-state index is 10.5. The lowest BCUT2D eigenvalue weighted by molar-refractivity contribution is -0.384. The van der Waals surface area contributed by atoms with Gasteiger partial charge in [0.2, 0.25) is 4.77 Å². The zero-order valence-electron chi connectivity index (χ0n) is 10.5. The molecule has 10 nitrogen and oxygen atoms in total. The van der Waals surface area contributed by atoms with E-state index in [1.807, 2.05) is 0 Å². The summed E-state index contributed by atoms with van der Waals surface area (Å²) < 4.78 is 0.967. The van der Waals surface area contributed by atoms with Crippen molar-refractivity contribution < 1.29 is 4.92 Å². The van der Waals surface area contributed by atoms with E-state index in [1.165, 1.54) is 24.3 Å². The predicted molar refractivity (Wildman–Crippen MR) is 79.3 cm³/mol. The Morgan fingerprint density at radius 1 is 1.24 bits per heavy atom. The number of aromatic nitrogens is 2. The zero-order chi connectivity index (χ0) is 15.6. The van der Waals surface area contributed by atoms with E-state index in [0.29, 0.717) is 5.69 Å². The van der Waals surface area contributed by atoms with E-state index in [9.17, 15) is 10.1 Å². The van der Waals surface area contributed by atoms with Crippen LogP contribution >= 0.6 is 12.2 Å². The van der Waals surface area contributed by atoms with Crippen LogP contribution in [-0.4, -0.2) is 14.6 Å². The maximum absolute atomic E-state index is 10.5. The van der Waals surface area contributed by atoms with Crippen LogP contribution in [0.4, 0.5) is 28.7 Å². The summed E-state index contributed by atoms with van der Waals surface area (Å²) >= 11 is 4.83. The van der Waals surface area contributed by atoms with Crippen molar-refractivity contribution in [2.45, 2.75) is 0 Å². The number of benzene rings is 1. The van der Waals surface area contributed by atoms with Crippen LogP contribution in [0, 0.1) is 14.9 Å². The summed E-state index contributed by atoms with van der Waals surface area (Å²) in [5, 5.41) is 18.3. The molecule has 11 heteroatoms. The molecule has 0 amide bonds. The third-order valence-corrected chi connectivity index (χ3v) is 2.78. The molecule has 2 rings (SSSR count). The van der Waals surface area contributed by atoms with Crippen LogP contribution in [0.3, 0.4) is 0 Å². The molecule has 108 valence electrons. The van der Waals surface area contributed by atoms with Gasteiger partial charge in [0.15, 0.2) is 17.3 Å². The van der Waals surface area contributed by atoms with Crippen molar-refractivity contribution in [2.75, 3.05) is 17.3 Å². The molecule has 0 atom stereocenters. The Bertz CT molecular complexity index is 783. The van der Waals surface area contributed by atoms with Crippen molar-refractivity contribution in [1.29, 1.82) is 0 Å². The van der Waals surface area contributed by atoms with E-state index >= 15 is 0 Å². The van der Waals surface area contributed by atoms with Gasteiger partial charge in [-0.1, -0.05) is 0 Å². The highest BCUT2D eigenvalue weighted by molar-refractivity contribution is 7.71. The number of nitro benzene ring substituents is 1. The molecule has 2 aromatic rings. The van der Waals surface area contributed by atoms with Crippen LogP contribution in [0.2, 0.25) is 0 Å². The van der Waals surface area contributed by atoms with Gasteiger partial charge in [-0.05, 0) is 24.4 Å². The summed E-state index contributed by atoms with van der Waals surface area (Å²) in [7, 11) is 0. The molecule has 0 radical (unpaired) electrons. The van der Waals surface area contributed by atoms with E-state index in [0.717, 1.165) is 4.68 Å². The first-order valence-corrected chi connectivity index (χ1v) is 5.90. The molecule has 6 N–H and O–H groups in total. The third kappa shape index (κ3) is 2.92. The highest BCUT2D eigenvalue weighted by atomic mass is 32.1. The number of nitro groups is 1. The minimum Gasteiger partial charge on any atom is -0.382 e. The van der Waals surface area contributed by atoms with Crippen molar-refractivity contribution in [1.82, 2.24) is 9.66 Å². The van der Waals surface area contributed by atoms with E-state index < -0.39 is 4.92 Å². The van der Waals surface area contributed by atoms with E-state index in [2.05, 4.69) is 15.2 Å². The first kappa shape index (κ1) is 14.3. The summed E-state index contributed by atoms with van der Waals surface area (Å²) in [4.78, 5) is 13.8. The minimum atomic E-state index is -0.513. The normalized spacial score (nSPS) is 10.9. The maximum Gasteiger partial charge on any atom is 0.269 e. The summed E-state index contributed by atoms with van der Waals surface area (Å²) in [5.41, 5.74) is 11.8. The largest absolute Gasteiger partial charge is 0.382 e. The topological polar surface area (TPSA) is 164 Å². The van der Waals surface area contributed by atoms with E-state index in [4.69, 9.17) is 29.5 Å². The quantitative estimate of drug-likeness (QED) is 0.256. The van der Waals surface area contributed by atoms with Gasteiger partial charge in [-0.25, -0.2) is 4.68 Å². The summed E-state index contributed by atoms with van der Waals surface area (Å²) in [6.45, 7) is 0. The molecule has 1 aromatic carbocycles. The molecule has 0 spiro atoms. The van der Waals surface area contributed by atoms with Gasteiger partial charge in [-0.15, -0.1) is 5.11 Å². The van der Waals surface area contributed by atoms with Crippen LogP contribution in [0.5, 0.6) is 0 Å². The van der Waals surface area contributed by atoms with Crippen molar-refractivity contribution in [3.63, 3.8) is 0 Å².